The van der Waals surface area contributed by atoms with Crippen LogP contribution in [0.4, 0.5) is 0 Å². The number of carbonyl (C=O) groups excluding carboxylic acids is 1. The maximum Gasteiger partial charge on any atom is 0.271 e. The number of carbonyl (C=O) groups is 1. The van der Waals surface area contributed by atoms with E-state index in [1.54, 1.807) is 12.5 Å². The molecular weight excluding hydrogens is 338 g/mol. The van der Waals surface area contributed by atoms with E-state index in [9.17, 15) is 4.79 Å². The molecule has 0 unspecified atom stereocenters. The van der Waals surface area contributed by atoms with Crippen LogP contribution in [0.5, 0.6) is 5.75 Å². The van der Waals surface area contributed by atoms with Crippen LogP contribution >= 0.6 is 23.7 Å². The lowest BCUT2D eigenvalue weighted by Crippen LogP contribution is -2.23. The Morgan fingerprint density at radius 2 is 2.04 bits per heavy atom. The molecule has 8 heteroatoms. The van der Waals surface area contributed by atoms with Gasteiger partial charge in [0.2, 0.25) is 0 Å². The number of methoxy groups -OCH3 is 1. The third kappa shape index (κ3) is 6.15. The fourth-order valence-electron chi connectivity index (χ4n) is 1.73. The van der Waals surface area contributed by atoms with Gasteiger partial charge in [-0.25, -0.2) is 4.98 Å². The van der Waals surface area contributed by atoms with Crippen LogP contribution in [-0.2, 0) is 17.8 Å². The van der Waals surface area contributed by atoms with Crippen molar-refractivity contribution in [1.82, 2.24) is 10.3 Å². The Bertz CT molecular complexity index is 604. The van der Waals surface area contributed by atoms with Gasteiger partial charge >= 0.3 is 0 Å². The fourth-order valence-corrected chi connectivity index (χ4v) is 2.38. The summed E-state index contributed by atoms with van der Waals surface area (Å²) >= 11 is 1.39. The number of rotatable bonds is 8. The lowest BCUT2D eigenvalue weighted by molar-refractivity contribution is 0.0946. The van der Waals surface area contributed by atoms with Crippen molar-refractivity contribution in [3.8, 4) is 5.75 Å². The summed E-state index contributed by atoms with van der Waals surface area (Å²) in [5.74, 6) is 0.579. The highest BCUT2D eigenvalue weighted by Gasteiger charge is 2.09. The Balaban J connectivity index is 0.00000264. The van der Waals surface area contributed by atoms with Gasteiger partial charge in [0.15, 0.2) is 0 Å². The zero-order valence-electron chi connectivity index (χ0n) is 12.8. The van der Waals surface area contributed by atoms with E-state index in [0.29, 0.717) is 32.0 Å². The molecule has 2 rings (SSSR count). The first-order valence-electron chi connectivity index (χ1n) is 6.86. The lowest BCUT2D eigenvalue weighted by Gasteiger charge is -2.07. The maximum atomic E-state index is 11.9. The van der Waals surface area contributed by atoms with Crippen molar-refractivity contribution in [1.29, 1.82) is 0 Å². The number of hydrogen-bond donors (Lipinski definition) is 2. The molecule has 0 radical (unpaired) electrons. The molecule has 1 heterocycles. The Morgan fingerprint density at radius 3 is 2.65 bits per heavy atom. The second-order valence-corrected chi connectivity index (χ2v) is 5.44. The standard InChI is InChI=1S/C15H19N3O3S.ClH/c1-20-6-7-21-12-4-2-11(3-5-12)9-17-15(19)13-10-22-14(8-16)18-13;/h2-5,10H,6-9,16H2,1H3,(H,17,19);1H. The van der Waals surface area contributed by atoms with Crippen molar-refractivity contribution in [2.75, 3.05) is 20.3 Å². The molecule has 0 fully saturated rings. The average Bonchev–Trinajstić information content (AvgIpc) is 3.03. The van der Waals surface area contributed by atoms with E-state index in [0.717, 1.165) is 16.3 Å². The molecule has 0 aliphatic heterocycles. The van der Waals surface area contributed by atoms with Gasteiger partial charge in [0, 0.05) is 25.6 Å². The van der Waals surface area contributed by atoms with Gasteiger partial charge in [-0.05, 0) is 17.7 Å². The third-order valence-electron chi connectivity index (χ3n) is 2.89. The fraction of sp³-hybridized carbons (Fsp3) is 0.333. The van der Waals surface area contributed by atoms with Crippen molar-refractivity contribution >= 4 is 29.7 Å². The number of thiazole rings is 1. The van der Waals surface area contributed by atoms with Crippen molar-refractivity contribution in [3.63, 3.8) is 0 Å². The van der Waals surface area contributed by atoms with E-state index in [-0.39, 0.29) is 18.3 Å². The van der Waals surface area contributed by atoms with Crippen LogP contribution in [0.25, 0.3) is 0 Å². The van der Waals surface area contributed by atoms with E-state index >= 15 is 0 Å². The summed E-state index contributed by atoms with van der Waals surface area (Å²) in [5, 5.41) is 5.29. The molecular formula is C15H20ClN3O3S. The van der Waals surface area contributed by atoms with Crippen LogP contribution in [0, 0.1) is 0 Å². The quantitative estimate of drug-likeness (QED) is 0.705. The number of nitrogens with two attached hydrogens (primary N) is 1. The predicted octanol–water partition coefficient (Wildman–Crippen LogP) is 1.98. The molecule has 1 aromatic carbocycles. The number of benzene rings is 1. The van der Waals surface area contributed by atoms with Crippen molar-refractivity contribution in [2.24, 2.45) is 5.73 Å². The van der Waals surface area contributed by atoms with E-state index in [2.05, 4.69) is 10.3 Å². The SMILES string of the molecule is COCCOc1ccc(CNC(=O)c2csc(CN)n2)cc1.Cl. The van der Waals surface area contributed by atoms with Gasteiger partial charge in [-0.15, -0.1) is 23.7 Å². The Labute approximate surface area is 145 Å². The molecule has 0 aliphatic rings. The molecule has 0 saturated heterocycles. The Hall–Kier alpha value is -1.67. The molecule has 1 aromatic heterocycles. The molecule has 1 amide bonds. The normalized spacial score (nSPS) is 10.0. The highest BCUT2D eigenvalue weighted by molar-refractivity contribution is 7.09. The predicted molar refractivity (Wildman–Crippen MR) is 92.2 cm³/mol. The Morgan fingerprint density at radius 1 is 1.30 bits per heavy atom. The molecule has 0 spiro atoms. The number of aromatic nitrogens is 1. The molecule has 0 saturated carbocycles. The molecule has 0 aliphatic carbocycles. The van der Waals surface area contributed by atoms with Crippen LogP contribution in [0.1, 0.15) is 21.1 Å². The summed E-state index contributed by atoms with van der Waals surface area (Å²) in [6.07, 6.45) is 0. The van der Waals surface area contributed by atoms with Gasteiger partial charge in [-0.2, -0.15) is 0 Å². The molecule has 126 valence electrons. The monoisotopic (exact) mass is 357 g/mol. The summed E-state index contributed by atoms with van der Waals surface area (Å²) in [6.45, 7) is 1.85. The molecule has 6 nitrogen and oxygen atoms in total. The van der Waals surface area contributed by atoms with Gasteiger partial charge in [0.25, 0.3) is 5.91 Å². The highest BCUT2D eigenvalue weighted by atomic mass is 35.5. The number of nitrogens with zero attached hydrogens (tertiary/aromatic N) is 1. The minimum absolute atomic E-state index is 0. The van der Waals surface area contributed by atoms with Gasteiger partial charge in [-0.1, -0.05) is 12.1 Å². The van der Waals surface area contributed by atoms with Crippen LogP contribution < -0.4 is 15.8 Å². The number of hydrogen-bond acceptors (Lipinski definition) is 6. The summed E-state index contributed by atoms with van der Waals surface area (Å²) in [7, 11) is 1.63. The zero-order valence-corrected chi connectivity index (χ0v) is 14.4. The molecule has 0 atom stereocenters. The number of ether oxygens (including phenoxy) is 2. The van der Waals surface area contributed by atoms with Gasteiger partial charge in [0.1, 0.15) is 23.1 Å². The first-order valence-corrected chi connectivity index (χ1v) is 7.74. The molecule has 2 aromatic rings. The first-order chi connectivity index (χ1) is 10.7. The minimum Gasteiger partial charge on any atom is -0.491 e. The number of nitrogens with one attached hydrogen (secondary N) is 1. The van der Waals surface area contributed by atoms with Crippen LogP contribution in [0.15, 0.2) is 29.6 Å². The summed E-state index contributed by atoms with van der Waals surface area (Å²) in [6, 6.07) is 7.56. The highest BCUT2D eigenvalue weighted by Crippen LogP contribution is 2.13. The topological polar surface area (TPSA) is 86.5 Å². The zero-order chi connectivity index (χ0) is 15.8. The van der Waals surface area contributed by atoms with E-state index < -0.39 is 0 Å². The second kappa shape index (κ2) is 10.2. The van der Waals surface area contributed by atoms with E-state index in [4.69, 9.17) is 15.2 Å². The second-order valence-electron chi connectivity index (χ2n) is 4.50. The first kappa shape index (κ1) is 19.4. The van der Waals surface area contributed by atoms with E-state index in [1.165, 1.54) is 11.3 Å². The van der Waals surface area contributed by atoms with Crippen molar-refractivity contribution in [3.05, 3.63) is 45.9 Å². The number of halogens is 1. The number of amides is 1. The lowest BCUT2D eigenvalue weighted by atomic mass is 10.2. The third-order valence-corrected chi connectivity index (χ3v) is 3.76. The summed E-state index contributed by atoms with van der Waals surface area (Å²) in [5.41, 5.74) is 6.88. The van der Waals surface area contributed by atoms with Crippen molar-refractivity contribution < 1.29 is 14.3 Å². The van der Waals surface area contributed by atoms with Crippen LogP contribution in [-0.4, -0.2) is 31.2 Å². The molecule has 0 bridgehead atoms. The smallest absolute Gasteiger partial charge is 0.271 e. The molecule has 3 N–H and O–H groups in total. The molecule has 23 heavy (non-hydrogen) atoms. The maximum absolute atomic E-state index is 11.9. The summed E-state index contributed by atoms with van der Waals surface area (Å²) < 4.78 is 10.4. The average molecular weight is 358 g/mol. The largest absolute Gasteiger partial charge is 0.491 e. The van der Waals surface area contributed by atoms with Gasteiger partial charge in [0.05, 0.1) is 6.61 Å². The minimum atomic E-state index is -0.198. The Kier molecular flexibility index (Phi) is 8.57. The van der Waals surface area contributed by atoms with Gasteiger partial charge in [-0.3, -0.25) is 4.79 Å². The van der Waals surface area contributed by atoms with E-state index in [1.807, 2.05) is 24.3 Å². The van der Waals surface area contributed by atoms with Crippen LogP contribution in [0.3, 0.4) is 0 Å². The summed E-state index contributed by atoms with van der Waals surface area (Å²) in [4.78, 5) is 16.1. The van der Waals surface area contributed by atoms with Crippen LogP contribution in [0.2, 0.25) is 0 Å². The van der Waals surface area contributed by atoms with Crippen molar-refractivity contribution in [2.45, 2.75) is 13.1 Å². The van der Waals surface area contributed by atoms with Gasteiger partial charge < -0.3 is 20.5 Å².